The van der Waals surface area contributed by atoms with E-state index in [-0.39, 0.29) is 25.1 Å². The van der Waals surface area contributed by atoms with E-state index in [1.165, 1.54) is 24.8 Å². The van der Waals surface area contributed by atoms with Gasteiger partial charge in [-0.05, 0) is 11.4 Å². The molecule has 0 saturated heterocycles. The van der Waals surface area contributed by atoms with Crippen LogP contribution in [0.5, 0.6) is 0 Å². The summed E-state index contributed by atoms with van der Waals surface area (Å²) in [6.07, 6.45) is 1.43. The number of thiophene rings is 1. The molecule has 0 fully saturated rings. The summed E-state index contributed by atoms with van der Waals surface area (Å²) in [5.41, 5.74) is -0.329. The van der Waals surface area contributed by atoms with Gasteiger partial charge in [0, 0.05) is 20.1 Å². The van der Waals surface area contributed by atoms with E-state index >= 15 is 0 Å². The molecule has 0 radical (unpaired) electrons. The van der Waals surface area contributed by atoms with Crippen LogP contribution >= 0.6 is 11.3 Å². The number of nitrogens with zero attached hydrogens (tertiary/aromatic N) is 2. The second-order valence-electron chi connectivity index (χ2n) is 4.56. The fraction of sp³-hybridized carbons (Fsp3) is 0.385. The zero-order valence-electron chi connectivity index (χ0n) is 11.8. The minimum absolute atomic E-state index is 0.147. The van der Waals surface area contributed by atoms with Crippen molar-refractivity contribution in [2.45, 2.75) is 19.0 Å². The van der Waals surface area contributed by atoms with Gasteiger partial charge < -0.3 is 15.2 Å². The largest absolute Gasteiger partial charge is 0.480 e. The summed E-state index contributed by atoms with van der Waals surface area (Å²) < 4.78 is 5.95. The monoisotopic (exact) mass is 325 g/mol. The predicted octanol–water partition coefficient (Wildman–Crippen LogP) is 0.0639. The lowest BCUT2D eigenvalue weighted by Gasteiger charge is -2.14. The fourth-order valence-corrected chi connectivity index (χ4v) is 2.62. The lowest BCUT2D eigenvalue weighted by Crippen LogP contribution is -2.43. The molecule has 2 aromatic heterocycles. The Morgan fingerprint density at radius 3 is 3.00 bits per heavy atom. The minimum Gasteiger partial charge on any atom is -0.480 e. The smallest absolute Gasteiger partial charge is 0.326 e. The summed E-state index contributed by atoms with van der Waals surface area (Å²) >= 11 is 1.34. The van der Waals surface area contributed by atoms with Crippen LogP contribution in [0.15, 0.2) is 22.6 Å². The minimum atomic E-state index is -1.15. The van der Waals surface area contributed by atoms with Crippen LogP contribution in [-0.2, 0) is 20.9 Å². The van der Waals surface area contributed by atoms with Crippen molar-refractivity contribution in [2.24, 2.45) is 0 Å². The molecule has 0 aliphatic rings. The van der Waals surface area contributed by atoms with Gasteiger partial charge in [-0.2, -0.15) is 0 Å². The molecule has 0 aliphatic heterocycles. The Kier molecular flexibility index (Phi) is 5.23. The summed E-state index contributed by atoms with van der Waals surface area (Å²) in [6, 6.07) is 0.587. The lowest BCUT2D eigenvalue weighted by molar-refractivity contribution is -0.142. The Hall–Kier alpha value is -2.26. The molecule has 2 aromatic rings. The van der Waals surface area contributed by atoms with Gasteiger partial charge in [-0.3, -0.25) is 14.2 Å². The highest BCUT2D eigenvalue weighted by Gasteiger charge is 2.20. The summed E-state index contributed by atoms with van der Waals surface area (Å²) in [6.45, 7) is -0.0754. The number of fused-ring (bicyclic) bond motifs is 1. The van der Waals surface area contributed by atoms with E-state index < -0.39 is 17.9 Å². The normalized spacial score (nSPS) is 12.2. The van der Waals surface area contributed by atoms with Gasteiger partial charge in [-0.25, -0.2) is 9.78 Å². The van der Waals surface area contributed by atoms with Gasteiger partial charge in [0.05, 0.1) is 11.7 Å². The fourth-order valence-electron chi connectivity index (χ4n) is 1.89. The Balaban J connectivity index is 2.08. The number of carbonyl (C=O) groups excluding carboxylic acids is 1. The number of aliphatic carboxylic acids is 1. The molecule has 2 N–H and O–H groups in total. The quantitative estimate of drug-likeness (QED) is 0.745. The van der Waals surface area contributed by atoms with Crippen LogP contribution < -0.4 is 10.9 Å². The molecule has 0 saturated carbocycles. The first kappa shape index (κ1) is 16.1. The lowest BCUT2D eigenvalue weighted by atomic mass is 10.2. The Bertz CT molecular complexity index is 739. The van der Waals surface area contributed by atoms with Crippen LogP contribution in [0.4, 0.5) is 0 Å². The van der Waals surface area contributed by atoms with E-state index in [9.17, 15) is 14.4 Å². The van der Waals surface area contributed by atoms with E-state index in [1.54, 1.807) is 11.4 Å². The van der Waals surface area contributed by atoms with E-state index in [2.05, 4.69) is 10.3 Å². The average molecular weight is 325 g/mol. The number of carbonyl (C=O) groups is 2. The van der Waals surface area contributed by atoms with Crippen molar-refractivity contribution in [1.82, 2.24) is 14.9 Å². The summed E-state index contributed by atoms with van der Waals surface area (Å²) in [5, 5.41) is 13.6. The maximum Gasteiger partial charge on any atom is 0.326 e. The predicted molar refractivity (Wildman–Crippen MR) is 79.9 cm³/mol. The molecule has 2 heterocycles. The first-order chi connectivity index (χ1) is 10.5. The van der Waals surface area contributed by atoms with Crippen molar-refractivity contribution in [1.29, 1.82) is 0 Å². The molecule has 1 atom stereocenters. The number of hydrogen-bond donors (Lipinski definition) is 2. The van der Waals surface area contributed by atoms with Crippen LogP contribution in [-0.4, -0.2) is 46.3 Å². The molecular formula is C13H15N3O5S. The van der Waals surface area contributed by atoms with Crippen molar-refractivity contribution < 1.29 is 19.4 Å². The summed E-state index contributed by atoms with van der Waals surface area (Å²) in [7, 11) is 1.45. The molecule has 1 amide bonds. The molecule has 0 bridgehead atoms. The van der Waals surface area contributed by atoms with Crippen LogP contribution in [0.1, 0.15) is 6.42 Å². The van der Waals surface area contributed by atoms with E-state index in [0.717, 1.165) is 4.57 Å². The Morgan fingerprint density at radius 2 is 2.32 bits per heavy atom. The average Bonchev–Trinajstić information content (AvgIpc) is 2.95. The first-order valence-electron chi connectivity index (χ1n) is 6.46. The summed E-state index contributed by atoms with van der Waals surface area (Å²) in [5.74, 6) is -1.72. The van der Waals surface area contributed by atoms with Gasteiger partial charge in [0.2, 0.25) is 5.91 Å². The number of nitrogens with one attached hydrogen (secondary N) is 1. The van der Waals surface area contributed by atoms with E-state index in [4.69, 9.17) is 9.84 Å². The molecule has 118 valence electrons. The molecule has 8 nitrogen and oxygen atoms in total. The van der Waals surface area contributed by atoms with Crippen molar-refractivity contribution in [3.63, 3.8) is 0 Å². The van der Waals surface area contributed by atoms with Gasteiger partial charge >= 0.3 is 5.97 Å². The topological polar surface area (TPSA) is 111 Å². The zero-order valence-corrected chi connectivity index (χ0v) is 12.6. The van der Waals surface area contributed by atoms with Gasteiger partial charge in [0.25, 0.3) is 5.56 Å². The maximum absolute atomic E-state index is 12.1. The molecule has 2 rings (SSSR count). The third-order valence-electron chi connectivity index (χ3n) is 3.01. The Labute approximate surface area is 129 Å². The second kappa shape index (κ2) is 7.14. The standard InChI is InChI=1S/C13H15N3O5S/c1-21-4-2-9(13(19)20)15-10(17)6-16-7-14-11-8(12(16)18)3-5-22-11/h3,5,7,9H,2,4,6H2,1H3,(H,15,17)(H,19,20). The van der Waals surface area contributed by atoms with Crippen molar-refractivity contribution >= 4 is 33.4 Å². The first-order valence-corrected chi connectivity index (χ1v) is 7.34. The van der Waals surface area contributed by atoms with Gasteiger partial charge in [-0.1, -0.05) is 0 Å². The molecular weight excluding hydrogens is 310 g/mol. The molecule has 0 spiro atoms. The number of methoxy groups -OCH3 is 1. The highest BCUT2D eigenvalue weighted by Crippen LogP contribution is 2.13. The van der Waals surface area contributed by atoms with Crippen LogP contribution in [0.25, 0.3) is 10.2 Å². The number of rotatable bonds is 7. The number of carboxylic acid groups (broad SMARTS) is 1. The maximum atomic E-state index is 12.1. The SMILES string of the molecule is COCCC(NC(=O)Cn1cnc2sccc2c1=O)C(=O)O. The van der Waals surface area contributed by atoms with Crippen molar-refractivity contribution in [2.75, 3.05) is 13.7 Å². The van der Waals surface area contributed by atoms with Crippen LogP contribution in [0.3, 0.4) is 0 Å². The summed E-state index contributed by atoms with van der Waals surface area (Å²) in [4.78, 5) is 39.8. The number of hydrogen-bond acceptors (Lipinski definition) is 6. The van der Waals surface area contributed by atoms with Crippen LogP contribution in [0.2, 0.25) is 0 Å². The number of amides is 1. The van der Waals surface area contributed by atoms with Crippen molar-refractivity contribution in [3.05, 3.63) is 28.1 Å². The third-order valence-corrected chi connectivity index (χ3v) is 3.83. The second-order valence-corrected chi connectivity index (χ2v) is 5.45. The molecule has 22 heavy (non-hydrogen) atoms. The zero-order chi connectivity index (χ0) is 16.1. The molecule has 0 aromatic carbocycles. The molecule has 9 heteroatoms. The van der Waals surface area contributed by atoms with Crippen LogP contribution in [0, 0.1) is 0 Å². The number of ether oxygens (including phenoxy) is 1. The Morgan fingerprint density at radius 1 is 1.55 bits per heavy atom. The number of aromatic nitrogens is 2. The third kappa shape index (κ3) is 3.68. The van der Waals surface area contributed by atoms with Gasteiger partial charge in [0.15, 0.2) is 0 Å². The van der Waals surface area contributed by atoms with E-state index in [1.807, 2.05) is 0 Å². The van der Waals surface area contributed by atoms with E-state index in [0.29, 0.717) is 10.2 Å². The van der Waals surface area contributed by atoms with Gasteiger partial charge in [-0.15, -0.1) is 11.3 Å². The highest BCUT2D eigenvalue weighted by molar-refractivity contribution is 7.16. The molecule has 0 aliphatic carbocycles. The molecule has 1 unspecified atom stereocenters. The van der Waals surface area contributed by atoms with Gasteiger partial charge in [0.1, 0.15) is 17.4 Å². The highest BCUT2D eigenvalue weighted by atomic mass is 32.1. The van der Waals surface area contributed by atoms with Crippen molar-refractivity contribution in [3.8, 4) is 0 Å². The number of carboxylic acids is 1.